The number of nitrogens with one attached hydrogen (secondary N) is 1. The number of rotatable bonds is 2. The normalized spacial score (nSPS) is 36.7. The largest absolute Gasteiger partial charge is 0.393 e. The van der Waals surface area contributed by atoms with Gasteiger partial charge in [-0.25, -0.2) is 0 Å². The number of aliphatic hydroxyl groups is 1. The zero-order valence-electron chi connectivity index (χ0n) is 8.34. The van der Waals surface area contributed by atoms with Gasteiger partial charge in [0.25, 0.3) is 0 Å². The molecule has 2 rings (SSSR count). The van der Waals surface area contributed by atoms with Crippen molar-refractivity contribution in [3.63, 3.8) is 0 Å². The summed E-state index contributed by atoms with van der Waals surface area (Å²) in [5.41, 5.74) is 0. The van der Waals surface area contributed by atoms with Crippen molar-refractivity contribution in [1.29, 1.82) is 0 Å². The molecule has 2 heteroatoms. The quantitative estimate of drug-likeness (QED) is 0.684. The molecule has 0 spiro atoms. The third-order valence-corrected chi connectivity index (χ3v) is 3.48. The van der Waals surface area contributed by atoms with E-state index in [0.717, 1.165) is 18.9 Å². The van der Waals surface area contributed by atoms with E-state index in [0.29, 0.717) is 6.04 Å². The van der Waals surface area contributed by atoms with Gasteiger partial charge in [0.15, 0.2) is 0 Å². The highest BCUT2D eigenvalue weighted by Crippen LogP contribution is 2.23. The van der Waals surface area contributed by atoms with Crippen LogP contribution in [0.2, 0.25) is 0 Å². The summed E-state index contributed by atoms with van der Waals surface area (Å²) in [6.07, 6.45) is 10.1. The van der Waals surface area contributed by atoms with E-state index in [2.05, 4.69) is 5.32 Å². The molecular formula is C11H21NO. The Morgan fingerprint density at radius 2 is 1.62 bits per heavy atom. The molecule has 0 amide bonds. The summed E-state index contributed by atoms with van der Waals surface area (Å²) in [5.74, 6) is 0. The van der Waals surface area contributed by atoms with Crippen molar-refractivity contribution in [2.75, 3.05) is 0 Å². The summed E-state index contributed by atoms with van der Waals surface area (Å²) in [6, 6.07) is 1.36. The van der Waals surface area contributed by atoms with E-state index in [-0.39, 0.29) is 6.10 Å². The lowest BCUT2D eigenvalue weighted by atomic mass is 9.95. The zero-order valence-corrected chi connectivity index (χ0v) is 8.34. The summed E-state index contributed by atoms with van der Waals surface area (Å²) in [7, 11) is 0. The van der Waals surface area contributed by atoms with Crippen molar-refractivity contribution in [3.05, 3.63) is 0 Å². The van der Waals surface area contributed by atoms with Gasteiger partial charge in [0.2, 0.25) is 0 Å². The summed E-state index contributed by atoms with van der Waals surface area (Å²) >= 11 is 0. The summed E-state index contributed by atoms with van der Waals surface area (Å²) in [5, 5.41) is 13.1. The fraction of sp³-hybridized carbons (Fsp3) is 1.00. The SMILES string of the molecule is O[C@@H]1CC[C@H](NC2CCCCC2)C1. The fourth-order valence-electron chi connectivity index (χ4n) is 2.71. The van der Waals surface area contributed by atoms with Crippen molar-refractivity contribution >= 4 is 0 Å². The van der Waals surface area contributed by atoms with Crippen LogP contribution in [0.3, 0.4) is 0 Å². The Bertz CT molecular complexity index is 151. The summed E-state index contributed by atoms with van der Waals surface area (Å²) in [4.78, 5) is 0. The van der Waals surface area contributed by atoms with Crippen molar-refractivity contribution < 1.29 is 5.11 Å². The van der Waals surface area contributed by atoms with Gasteiger partial charge < -0.3 is 10.4 Å². The molecule has 0 aromatic heterocycles. The van der Waals surface area contributed by atoms with Gasteiger partial charge in [0, 0.05) is 12.1 Å². The minimum Gasteiger partial charge on any atom is -0.393 e. The number of hydrogen-bond acceptors (Lipinski definition) is 2. The van der Waals surface area contributed by atoms with Gasteiger partial charge >= 0.3 is 0 Å². The Morgan fingerprint density at radius 3 is 2.23 bits per heavy atom. The Kier molecular flexibility index (Phi) is 3.23. The van der Waals surface area contributed by atoms with Gasteiger partial charge in [-0.1, -0.05) is 19.3 Å². The Balaban J connectivity index is 1.71. The van der Waals surface area contributed by atoms with E-state index < -0.39 is 0 Å². The molecule has 2 fully saturated rings. The van der Waals surface area contributed by atoms with Crippen LogP contribution in [0.4, 0.5) is 0 Å². The van der Waals surface area contributed by atoms with Gasteiger partial charge in [0.05, 0.1) is 6.10 Å². The monoisotopic (exact) mass is 183 g/mol. The highest BCUT2D eigenvalue weighted by Gasteiger charge is 2.25. The van der Waals surface area contributed by atoms with Crippen LogP contribution in [0.1, 0.15) is 51.4 Å². The first-order valence-corrected chi connectivity index (χ1v) is 5.79. The molecule has 0 aromatic carbocycles. The second kappa shape index (κ2) is 4.43. The Morgan fingerprint density at radius 1 is 0.846 bits per heavy atom. The smallest absolute Gasteiger partial charge is 0.0555 e. The first-order chi connectivity index (χ1) is 6.34. The molecule has 2 aliphatic carbocycles. The van der Waals surface area contributed by atoms with Gasteiger partial charge in [-0.05, 0) is 32.1 Å². The maximum absolute atomic E-state index is 9.39. The topological polar surface area (TPSA) is 32.3 Å². The maximum Gasteiger partial charge on any atom is 0.0555 e. The Labute approximate surface area is 80.7 Å². The van der Waals surface area contributed by atoms with Crippen LogP contribution in [-0.4, -0.2) is 23.3 Å². The molecule has 0 heterocycles. The first kappa shape index (κ1) is 9.47. The standard InChI is InChI=1S/C11H21NO/c13-11-7-6-10(8-11)12-9-4-2-1-3-5-9/h9-13H,1-8H2/t10-,11+/m0/s1. The van der Waals surface area contributed by atoms with E-state index >= 15 is 0 Å². The summed E-state index contributed by atoms with van der Waals surface area (Å²) in [6.45, 7) is 0. The van der Waals surface area contributed by atoms with Crippen molar-refractivity contribution in [2.45, 2.75) is 69.6 Å². The van der Waals surface area contributed by atoms with E-state index in [1.807, 2.05) is 0 Å². The van der Waals surface area contributed by atoms with Crippen LogP contribution in [-0.2, 0) is 0 Å². The van der Waals surface area contributed by atoms with E-state index in [1.54, 1.807) is 0 Å². The molecule has 0 saturated heterocycles. The molecule has 0 aromatic rings. The van der Waals surface area contributed by atoms with Crippen LogP contribution in [0.15, 0.2) is 0 Å². The van der Waals surface area contributed by atoms with Crippen molar-refractivity contribution in [3.8, 4) is 0 Å². The number of aliphatic hydroxyl groups excluding tert-OH is 1. The van der Waals surface area contributed by atoms with Gasteiger partial charge in [-0.15, -0.1) is 0 Å². The third kappa shape index (κ3) is 2.68. The molecule has 2 N–H and O–H groups in total. The average molecular weight is 183 g/mol. The molecular weight excluding hydrogens is 162 g/mol. The first-order valence-electron chi connectivity index (χ1n) is 5.79. The molecule has 2 saturated carbocycles. The van der Waals surface area contributed by atoms with Crippen LogP contribution >= 0.6 is 0 Å². The van der Waals surface area contributed by atoms with Crippen LogP contribution in [0.5, 0.6) is 0 Å². The highest BCUT2D eigenvalue weighted by atomic mass is 16.3. The third-order valence-electron chi connectivity index (χ3n) is 3.48. The van der Waals surface area contributed by atoms with Gasteiger partial charge in [-0.3, -0.25) is 0 Å². The zero-order chi connectivity index (χ0) is 9.10. The van der Waals surface area contributed by atoms with Crippen molar-refractivity contribution in [2.24, 2.45) is 0 Å². The van der Waals surface area contributed by atoms with Gasteiger partial charge in [0.1, 0.15) is 0 Å². The molecule has 76 valence electrons. The molecule has 0 unspecified atom stereocenters. The van der Waals surface area contributed by atoms with E-state index in [1.165, 1.54) is 38.5 Å². The number of hydrogen-bond donors (Lipinski definition) is 2. The lowest BCUT2D eigenvalue weighted by Gasteiger charge is -2.26. The fourth-order valence-corrected chi connectivity index (χ4v) is 2.71. The lowest BCUT2D eigenvalue weighted by Crippen LogP contribution is -2.38. The van der Waals surface area contributed by atoms with Crippen LogP contribution < -0.4 is 5.32 Å². The predicted molar refractivity (Wildman–Crippen MR) is 53.7 cm³/mol. The molecule has 13 heavy (non-hydrogen) atoms. The second-order valence-electron chi connectivity index (χ2n) is 4.67. The average Bonchev–Trinajstić information content (AvgIpc) is 2.53. The lowest BCUT2D eigenvalue weighted by molar-refractivity contribution is 0.178. The van der Waals surface area contributed by atoms with Crippen molar-refractivity contribution in [1.82, 2.24) is 5.32 Å². The van der Waals surface area contributed by atoms with E-state index in [4.69, 9.17) is 0 Å². The predicted octanol–water partition coefficient (Wildman–Crippen LogP) is 1.82. The highest BCUT2D eigenvalue weighted by molar-refractivity contribution is 4.84. The van der Waals surface area contributed by atoms with Gasteiger partial charge in [-0.2, -0.15) is 0 Å². The molecule has 2 aliphatic rings. The van der Waals surface area contributed by atoms with E-state index in [9.17, 15) is 5.11 Å². The van der Waals surface area contributed by atoms with Crippen LogP contribution in [0.25, 0.3) is 0 Å². The second-order valence-corrected chi connectivity index (χ2v) is 4.67. The molecule has 2 nitrogen and oxygen atoms in total. The summed E-state index contributed by atoms with van der Waals surface area (Å²) < 4.78 is 0. The maximum atomic E-state index is 9.39. The minimum atomic E-state index is -0.0268. The Hall–Kier alpha value is -0.0800. The molecule has 0 aliphatic heterocycles. The molecule has 2 atom stereocenters. The molecule has 0 radical (unpaired) electrons. The molecule has 0 bridgehead atoms. The minimum absolute atomic E-state index is 0.0268. The van der Waals surface area contributed by atoms with Crippen LogP contribution in [0, 0.1) is 0 Å².